The maximum Gasteiger partial charge on any atom is 0.338 e. The molecule has 1 aliphatic heterocycles. The van der Waals surface area contributed by atoms with Gasteiger partial charge in [0.05, 0.1) is 16.7 Å². The summed E-state index contributed by atoms with van der Waals surface area (Å²) in [5.74, 6) is 0.717. The van der Waals surface area contributed by atoms with Crippen molar-refractivity contribution in [1.29, 1.82) is 0 Å². The van der Waals surface area contributed by atoms with Crippen LogP contribution in [0.5, 0.6) is 0 Å². The summed E-state index contributed by atoms with van der Waals surface area (Å²) in [6, 6.07) is 4.45. The van der Waals surface area contributed by atoms with Gasteiger partial charge < -0.3 is 4.74 Å². The lowest BCUT2D eigenvalue weighted by Gasteiger charge is -2.55. The van der Waals surface area contributed by atoms with E-state index in [0.717, 1.165) is 32.1 Å². The summed E-state index contributed by atoms with van der Waals surface area (Å²) in [6.07, 6.45) is 8.21. The van der Waals surface area contributed by atoms with E-state index in [-0.39, 0.29) is 40.7 Å². The van der Waals surface area contributed by atoms with Gasteiger partial charge in [0.2, 0.25) is 0 Å². The average molecular weight is 424 g/mol. The van der Waals surface area contributed by atoms with Gasteiger partial charge in [-0.15, -0.1) is 0 Å². The molecular weight excluding hydrogens is 394 g/mol. The lowest BCUT2D eigenvalue weighted by molar-refractivity contribution is -0.147. The zero-order valence-corrected chi connectivity index (χ0v) is 18.0. The molecule has 6 rings (SSSR count). The topological polar surface area (TPSA) is 80.8 Å². The monoisotopic (exact) mass is 423 g/mol. The summed E-state index contributed by atoms with van der Waals surface area (Å²) < 4.78 is 5.39. The summed E-state index contributed by atoms with van der Waals surface area (Å²) in [7, 11) is 0. The highest BCUT2D eigenvalue weighted by Crippen LogP contribution is 2.60. The molecule has 0 N–H and O–H groups in total. The molecule has 1 aromatic carbocycles. The van der Waals surface area contributed by atoms with Gasteiger partial charge in [0.15, 0.2) is 12.4 Å². The molecule has 0 radical (unpaired) electrons. The van der Waals surface area contributed by atoms with Gasteiger partial charge in [-0.2, -0.15) is 0 Å². The number of ether oxygens (including phenoxy) is 1. The second-order valence-corrected chi connectivity index (χ2v) is 10.1. The largest absolute Gasteiger partial charge is 0.454 e. The maximum absolute atomic E-state index is 13.1. The number of amides is 2. The minimum atomic E-state index is -0.617. The number of imide groups is 1. The van der Waals surface area contributed by atoms with Crippen molar-refractivity contribution in [3.63, 3.8) is 0 Å². The van der Waals surface area contributed by atoms with E-state index >= 15 is 0 Å². The third-order valence-electron chi connectivity index (χ3n) is 7.91. The molecule has 4 aliphatic carbocycles. The predicted octanol–water partition coefficient (Wildman–Crippen LogP) is 4.03. The first-order valence-electron chi connectivity index (χ1n) is 11.6. The molecule has 0 aromatic heterocycles. The van der Waals surface area contributed by atoms with Gasteiger partial charge >= 0.3 is 5.97 Å². The number of esters is 1. The van der Waals surface area contributed by atoms with E-state index in [4.69, 9.17) is 4.74 Å². The molecular formula is C25H29NO5. The number of hydrogen-bond donors (Lipinski definition) is 0. The Bertz CT molecular complexity index is 929. The molecule has 4 saturated carbocycles. The van der Waals surface area contributed by atoms with E-state index in [9.17, 15) is 19.2 Å². The van der Waals surface area contributed by atoms with Crippen LogP contribution in [0.3, 0.4) is 0 Å². The molecule has 5 aliphatic rings. The van der Waals surface area contributed by atoms with Crippen LogP contribution in [0.1, 0.15) is 89.4 Å². The standard InChI is InChI=1S/C25H29NO5/c1-2-3-6-26-22(28)19-5-4-18(10-20(19)23(26)29)24(30)31-14-21(27)25-11-15-7-16(12-25)9-17(8-15)13-25/h4-5,10,15-17H,2-3,6-9,11-14H2,1H3. The van der Waals surface area contributed by atoms with E-state index in [0.29, 0.717) is 29.9 Å². The first-order chi connectivity index (χ1) is 14.9. The van der Waals surface area contributed by atoms with Gasteiger partial charge in [-0.3, -0.25) is 19.3 Å². The Morgan fingerprint density at radius 2 is 1.61 bits per heavy atom. The number of rotatable bonds is 7. The Kier molecular flexibility index (Phi) is 4.98. The van der Waals surface area contributed by atoms with E-state index in [1.54, 1.807) is 0 Å². The highest BCUT2D eigenvalue weighted by molar-refractivity contribution is 6.22. The number of fused-ring (bicyclic) bond motifs is 1. The van der Waals surface area contributed by atoms with Crippen molar-refractivity contribution in [3.8, 4) is 0 Å². The van der Waals surface area contributed by atoms with Crippen LogP contribution in [0.4, 0.5) is 0 Å². The van der Waals surface area contributed by atoms with E-state index in [2.05, 4.69) is 0 Å². The van der Waals surface area contributed by atoms with Crippen LogP contribution >= 0.6 is 0 Å². The Balaban J connectivity index is 1.25. The van der Waals surface area contributed by atoms with E-state index in [1.807, 2.05) is 6.92 Å². The molecule has 0 unspecified atom stereocenters. The van der Waals surface area contributed by atoms with Crippen molar-refractivity contribution < 1.29 is 23.9 Å². The number of benzene rings is 1. The molecule has 0 spiro atoms. The first kappa shape index (κ1) is 20.4. The second kappa shape index (κ2) is 7.57. The summed E-state index contributed by atoms with van der Waals surface area (Å²) in [4.78, 5) is 52.0. The van der Waals surface area contributed by atoms with Crippen molar-refractivity contribution in [3.05, 3.63) is 34.9 Å². The van der Waals surface area contributed by atoms with Gasteiger partial charge in [0.25, 0.3) is 11.8 Å². The molecule has 1 aromatic rings. The van der Waals surface area contributed by atoms with Crippen LogP contribution in [0, 0.1) is 23.2 Å². The number of Topliss-reactive ketones (excluding diaryl/α,β-unsaturated/α-hetero) is 1. The maximum atomic E-state index is 13.1. The third-order valence-corrected chi connectivity index (χ3v) is 7.91. The molecule has 1 heterocycles. The van der Waals surface area contributed by atoms with Gasteiger partial charge in [0, 0.05) is 12.0 Å². The van der Waals surface area contributed by atoms with Crippen LogP contribution in [-0.4, -0.2) is 41.6 Å². The molecule has 0 saturated heterocycles. The molecule has 4 fully saturated rings. The normalized spacial score (nSPS) is 30.6. The number of nitrogens with zero attached hydrogens (tertiary/aromatic N) is 1. The first-order valence-corrected chi connectivity index (χ1v) is 11.6. The lowest BCUT2D eigenvalue weighted by Crippen LogP contribution is -2.51. The fraction of sp³-hybridized carbons (Fsp3) is 0.600. The van der Waals surface area contributed by atoms with Gasteiger partial charge in [-0.25, -0.2) is 4.79 Å². The average Bonchev–Trinajstić information content (AvgIpc) is 2.98. The van der Waals surface area contributed by atoms with Crippen molar-refractivity contribution in [2.24, 2.45) is 23.2 Å². The zero-order valence-electron chi connectivity index (χ0n) is 18.0. The van der Waals surface area contributed by atoms with E-state index < -0.39 is 5.97 Å². The minimum Gasteiger partial charge on any atom is -0.454 e. The summed E-state index contributed by atoms with van der Waals surface area (Å²) in [6.45, 7) is 2.16. The highest BCUT2D eigenvalue weighted by atomic mass is 16.5. The van der Waals surface area contributed by atoms with Gasteiger partial charge in [-0.1, -0.05) is 13.3 Å². The van der Waals surface area contributed by atoms with Crippen molar-refractivity contribution in [2.75, 3.05) is 13.2 Å². The summed E-state index contributed by atoms with van der Waals surface area (Å²) >= 11 is 0. The fourth-order valence-corrected chi connectivity index (χ4v) is 6.76. The minimum absolute atomic E-state index is 0.0538. The van der Waals surface area contributed by atoms with Crippen LogP contribution < -0.4 is 0 Å². The lowest BCUT2D eigenvalue weighted by atomic mass is 9.48. The van der Waals surface area contributed by atoms with Gasteiger partial charge in [0.1, 0.15) is 0 Å². The quantitative estimate of drug-likeness (QED) is 0.489. The number of unbranched alkanes of at least 4 members (excludes halogenated alkanes) is 1. The Morgan fingerprint density at radius 1 is 1.00 bits per heavy atom. The van der Waals surface area contributed by atoms with Gasteiger partial charge in [-0.05, 0) is 80.9 Å². The van der Waals surface area contributed by atoms with Crippen LogP contribution in [0.25, 0.3) is 0 Å². The predicted molar refractivity (Wildman–Crippen MR) is 113 cm³/mol. The Morgan fingerprint density at radius 3 is 2.23 bits per heavy atom. The third kappa shape index (κ3) is 3.40. The molecule has 0 atom stereocenters. The molecule has 31 heavy (non-hydrogen) atoms. The van der Waals surface area contributed by atoms with Crippen LogP contribution in [0.15, 0.2) is 18.2 Å². The zero-order chi connectivity index (χ0) is 21.8. The molecule has 4 bridgehead atoms. The van der Waals surface area contributed by atoms with Crippen molar-refractivity contribution in [1.82, 2.24) is 4.90 Å². The number of hydrogen-bond acceptors (Lipinski definition) is 5. The SMILES string of the molecule is CCCCN1C(=O)c2ccc(C(=O)OCC(=O)C34CC5CC(CC(C5)C3)C4)cc2C1=O. The number of ketones is 1. The molecule has 2 amide bonds. The molecule has 6 nitrogen and oxygen atoms in total. The smallest absolute Gasteiger partial charge is 0.338 e. The van der Waals surface area contributed by atoms with E-state index in [1.165, 1.54) is 42.4 Å². The highest BCUT2D eigenvalue weighted by Gasteiger charge is 2.54. The molecule has 164 valence electrons. The summed E-state index contributed by atoms with van der Waals surface area (Å²) in [5, 5.41) is 0. The van der Waals surface area contributed by atoms with Crippen LogP contribution in [-0.2, 0) is 9.53 Å². The molecule has 6 heteroatoms. The fourth-order valence-electron chi connectivity index (χ4n) is 6.76. The summed E-state index contributed by atoms with van der Waals surface area (Å²) in [5.41, 5.74) is 0.468. The second-order valence-electron chi connectivity index (χ2n) is 10.1. The van der Waals surface area contributed by atoms with Crippen molar-refractivity contribution >= 4 is 23.6 Å². The Labute approximate surface area is 182 Å². The Hall–Kier alpha value is -2.50. The van der Waals surface area contributed by atoms with Crippen LogP contribution in [0.2, 0.25) is 0 Å². The number of carbonyl (C=O) groups excluding carboxylic acids is 4. The van der Waals surface area contributed by atoms with Crippen molar-refractivity contribution in [2.45, 2.75) is 58.3 Å². The number of carbonyl (C=O) groups is 4.